The van der Waals surface area contributed by atoms with Crippen LogP contribution in [-0.4, -0.2) is 19.9 Å². The average Bonchev–Trinajstić information content (AvgIpc) is 2.65. The third-order valence-corrected chi connectivity index (χ3v) is 3.30. The van der Waals surface area contributed by atoms with Crippen LogP contribution >= 0.6 is 15.9 Å². The second kappa shape index (κ2) is 4.41. The van der Waals surface area contributed by atoms with Crippen molar-refractivity contribution in [3.63, 3.8) is 0 Å². The number of halogens is 1. The highest BCUT2D eigenvalue weighted by atomic mass is 79.9. The van der Waals surface area contributed by atoms with Crippen LogP contribution in [0.5, 0.6) is 11.5 Å². The third kappa shape index (κ3) is 2.26. The first kappa shape index (κ1) is 10.8. The summed E-state index contributed by atoms with van der Waals surface area (Å²) in [5, 5.41) is 3.22. The first-order chi connectivity index (χ1) is 7.20. The Kier molecular flexibility index (Phi) is 3.17. The number of ether oxygens (including phenoxy) is 2. The maximum absolute atomic E-state index is 5.35. The molecule has 1 aliphatic heterocycles. The fourth-order valence-electron chi connectivity index (χ4n) is 1.55. The normalized spacial score (nSPS) is 15.4. The molecule has 0 aromatic heterocycles. The van der Waals surface area contributed by atoms with Crippen LogP contribution in [0.1, 0.15) is 12.5 Å². The zero-order chi connectivity index (χ0) is 10.8. The molecule has 0 amide bonds. The summed E-state index contributed by atoms with van der Waals surface area (Å²) in [6.07, 6.45) is 0.966. The van der Waals surface area contributed by atoms with Crippen molar-refractivity contribution in [2.24, 2.45) is 0 Å². The molecule has 3 nitrogen and oxygen atoms in total. The van der Waals surface area contributed by atoms with Gasteiger partial charge in [-0.3, -0.25) is 0 Å². The fraction of sp³-hybridized carbons (Fsp3) is 0.455. The van der Waals surface area contributed by atoms with E-state index in [-0.39, 0.29) is 0 Å². The van der Waals surface area contributed by atoms with Gasteiger partial charge in [0.15, 0.2) is 11.5 Å². The summed E-state index contributed by atoms with van der Waals surface area (Å²) in [4.78, 5) is 0. The van der Waals surface area contributed by atoms with Crippen LogP contribution in [0, 0.1) is 0 Å². The Morgan fingerprint density at radius 2 is 2.07 bits per heavy atom. The van der Waals surface area contributed by atoms with Crippen molar-refractivity contribution in [3.8, 4) is 11.5 Å². The van der Waals surface area contributed by atoms with Crippen LogP contribution in [0.2, 0.25) is 0 Å². The second-order valence-electron chi connectivity index (χ2n) is 3.69. The van der Waals surface area contributed by atoms with Gasteiger partial charge in [-0.1, -0.05) is 15.9 Å². The number of hydrogen-bond acceptors (Lipinski definition) is 3. The molecule has 1 aromatic carbocycles. The number of benzene rings is 1. The summed E-state index contributed by atoms with van der Waals surface area (Å²) in [6.45, 7) is 2.48. The minimum Gasteiger partial charge on any atom is -0.454 e. The lowest BCUT2D eigenvalue weighted by Crippen LogP contribution is -2.23. The van der Waals surface area contributed by atoms with Crippen molar-refractivity contribution < 1.29 is 9.47 Å². The standard InChI is InChI=1S/C11H14BrNO2/c1-7(13-2)3-8-4-10-11(5-9(8)12)15-6-14-10/h4-5,7,13H,3,6H2,1-2H3/t7-/m1/s1. The van der Waals surface area contributed by atoms with Gasteiger partial charge >= 0.3 is 0 Å². The number of fused-ring (bicyclic) bond motifs is 1. The summed E-state index contributed by atoms with van der Waals surface area (Å²) in [6, 6.07) is 4.46. The van der Waals surface area contributed by atoms with E-state index in [1.807, 2.05) is 19.2 Å². The van der Waals surface area contributed by atoms with Crippen molar-refractivity contribution in [1.82, 2.24) is 5.32 Å². The quantitative estimate of drug-likeness (QED) is 0.916. The summed E-state index contributed by atoms with van der Waals surface area (Å²) in [5.74, 6) is 1.67. The van der Waals surface area contributed by atoms with Gasteiger partial charge in [0.2, 0.25) is 6.79 Å². The summed E-state index contributed by atoms with van der Waals surface area (Å²) in [5.41, 5.74) is 1.24. The van der Waals surface area contributed by atoms with Crippen molar-refractivity contribution in [2.45, 2.75) is 19.4 Å². The van der Waals surface area contributed by atoms with Crippen LogP contribution in [-0.2, 0) is 6.42 Å². The fourth-order valence-corrected chi connectivity index (χ4v) is 2.03. The lowest BCUT2D eigenvalue weighted by atomic mass is 10.1. The third-order valence-electron chi connectivity index (χ3n) is 2.56. The van der Waals surface area contributed by atoms with Gasteiger partial charge in [0.1, 0.15) is 0 Å². The lowest BCUT2D eigenvalue weighted by Gasteiger charge is -2.12. The molecule has 0 aliphatic carbocycles. The topological polar surface area (TPSA) is 30.5 Å². The van der Waals surface area contributed by atoms with Crippen LogP contribution < -0.4 is 14.8 Å². The van der Waals surface area contributed by atoms with Crippen molar-refractivity contribution in [2.75, 3.05) is 13.8 Å². The van der Waals surface area contributed by atoms with E-state index in [1.54, 1.807) is 0 Å². The Balaban J connectivity index is 2.24. The molecule has 15 heavy (non-hydrogen) atoms. The molecule has 1 N–H and O–H groups in total. The molecule has 2 rings (SSSR count). The Labute approximate surface area is 97.9 Å². The molecule has 0 radical (unpaired) electrons. The molecule has 0 fully saturated rings. The summed E-state index contributed by atoms with van der Waals surface area (Å²) in [7, 11) is 1.96. The molecular formula is C11H14BrNO2. The number of likely N-dealkylation sites (N-methyl/N-ethyl adjacent to an activating group) is 1. The lowest BCUT2D eigenvalue weighted by molar-refractivity contribution is 0.174. The van der Waals surface area contributed by atoms with E-state index in [4.69, 9.17) is 9.47 Å². The highest BCUT2D eigenvalue weighted by molar-refractivity contribution is 9.10. The predicted molar refractivity (Wildman–Crippen MR) is 62.5 cm³/mol. The predicted octanol–water partition coefficient (Wildman–Crippen LogP) is 2.33. The minimum atomic E-state index is 0.326. The zero-order valence-electron chi connectivity index (χ0n) is 8.84. The van der Waals surface area contributed by atoms with E-state index >= 15 is 0 Å². The van der Waals surface area contributed by atoms with Crippen LogP contribution in [0.15, 0.2) is 16.6 Å². The molecule has 0 saturated carbocycles. The van der Waals surface area contributed by atoms with Gasteiger partial charge in [-0.15, -0.1) is 0 Å². The Hall–Kier alpha value is -0.740. The molecule has 0 unspecified atom stereocenters. The summed E-state index contributed by atoms with van der Waals surface area (Å²) < 4.78 is 11.7. The number of nitrogens with one attached hydrogen (secondary N) is 1. The van der Waals surface area contributed by atoms with Gasteiger partial charge in [-0.05, 0) is 38.1 Å². The highest BCUT2D eigenvalue weighted by Crippen LogP contribution is 2.37. The largest absolute Gasteiger partial charge is 0.454 e. The number of rotatable bonds is 3. The van der Waals surface area contributed by atoms with Crippen LogP contribution in [0.4, 0.5) is 0 Å². The molecule has 1 aliphatic rings. The van der Waals surface area contributed by atoms with Crippen molar-refractivity contribution in [1.29, 1.82) is 0 Å². The molecule has 1 heterocycles. The van der Waals surface area contributed by atoms with Gasteiger partial charge in [-0.2, -0.15) is 0 Å². The van der Waals surface area contributed by atoms with Crippen molar-refractivity contribution in [3.05, 3.63) is 22.2 Å². The van der Waals surface area contributed by atoms with E-state index in [9.17, 15) is 0 Å². The first-order valence-corrected chi connectivity index (χ1v) is 5.75. The zero-order valence-corrected chi connectivity index (χ0v) is 10.4. The molecule has 4 heteroatoms. The Bertz CT molecular complexity index is 368. The average molecular weight is 272 g/mol. The van der Waals surface area contributed by atoms with E-state index in [0.717, 1.165) is 22.4 Å². The van der Waals surface area contributed by atoms with E-state index < -0.39 is 0 Å². The highest BCUT2D eigenvalue weighted by Gasteiger charge is 2.16. The second-order valence-corrected chi connectivity index (χ2v) is 4.55. The van der Waals surface area contributed by atoms with E-state index in [2.05, 4.69) is 28.2 Å². The van der Waals surface area contributed by atoms with Gasteiger partial charge < -0.3 is 14.8 Å². The molecule has 0 spiro atoms. The van der Waals surface area contributed by atoms with Crippen LogP contribution in [0.3, 0.4) is 0 Å². The monoisotopic (exact) mass is 271 g/mol. The minimum absolute atomic E-state index is 0.326. The number of hydrogen-bond donors (Lipinski definition) is 1. The molecular weight excluding hydrogens is 258 g/mol. The Morgan fingerprint density at radius 1 is 1.40 bits per heavy atom. The maximum atomic E-state index is 5.35. The molecule has 0 saturated heterocycles. The molecule has 1 atom stereocenters. The van der Waals surface area contributed by atoms with Crippen molar-refractivity contribution >= 4 is 15.9 Å². The van der Waals surface area contributed by atoms with Crippen LogP contribution in [0.25, 0.3) is 0 Å². The molecule has 82 valence electrons. The SMILES string of the molecule is CN[C@H](C)Cc1cc2c(cc1Br)OCO2. The first-order valence-electron chi connectivity index (χ1n) is 4.96. The van der Waals surface area contributed by atoms with Gasteiger partial charge in [0.25, 0.3) is 0 Å². The van der Waals surface area contributed by atoms with Gasteiger partial charge in [-0.25, -0.2) is 0 Å². The van der Waals surface area contributed by atoms with E-state index in [0.29, 0.717) is 12.8 Å². The summed E-state index contributed by atoms with van der Waals surface area (Å²) >= 11 is 3.54. The maximum Gasteiger partial charge on any atom is 0.231 e. The van der Waals surface area contributed by atoms with E-state index in [1.165, 1.54) is 5.56 Å². The Morgan fingerprint density at radius 3 is 2.73 bits per heavy atom. The molecule has 1 aromatic rings. The van der Waals surface area contributed by atoms with Gasteiger partial charge in [0, 0.05) is 10.5 Å². The van der Waals surface area contributed by atoms with Gasteiger partial charge in [0.05, 0.1) is 0 Å². The smallest absolute Gasteiger partial charge is 0.231 e. The molecule has 0 bridgehead atoms.